The van der Waals surface area contributed by atoms with Crippen LogP contribution in [0.15, 0.2) is 64.3 Å². The summed E-state index contributed by atoms with van der Waals surface area (Å²) in [5, 5.41) is 10.3. The summed E-state index contributed by atoms with van der Waals surface area (Å²) < 4.78 is 6.10. The molecule has 1 amide bonds. The Morgan fingerprint density at radius 1 is 1.20 bits per heavy atom. The molecule has 0 bridgehead atoms. The third kappa shape index (κ3) is 3.05. The van der Waals surface area contributed by atoms with Gasteiger partial charge in [-0.25, -0.2) is 0 Å². The van der Waals surface area contributed by atoms with Crippen LogP contribution in [0.25, 0.3) is 0 Å². The summed E-state index contributed by atoms with van der Waals surface area (Å²) in [4.78, 5) is 26.2. The number of benzene rings is 2. The molecule has 1 aliphatic rings. The van der Waals surface area contributed by atoms with Crippen LogP contribution in [0.1, 0.15) is 18.5 Å². The van der Waals surface area contributed by atoms with Crippen molar-refractivity contribution in [3.05, 3.63) is 69.9 Å². The number of ether oxygens (including phenoxy) is 1. The Kier molecular flexibility index (Phi) is 4.63. The smallest absolute Gasteiger partial charge is 0.294 e. The van der Waals surface area contributed by atoms with E-state index in [2.05, 4.69) is 15.9 Å². The van der Waals surface area contributed by atoms with Gasteiger partial charge in [0, 0.05) is 16.2 Å². The molecule has 3 rings (SSSR count). The maximum absolute atomic E-state index is 12.7. The van der Waals surface area contributed by atoms with Gasteiger partial charge in [0.1, 0.15) is 5.75 Å². The highest BCUT2D eigenvalue weighted by Gasteiger charge is 2.43. The first-order chi connectivity index (χ1) is 11.9. The second kappa shape index (κ2) is 6.72. The van der Waals surface area contributed by atoms with Gasteiger partial charge in [0.15, 0.2) is 11.5 Å². The summed E-state index contributed by atoms with van der Waals surface area (Å²) in [5.41, 5.74) is 1.36. The number of rotatable bonds is 4. The van der Waals surface area contributed by atoms with Crippen LogP contribution in [0, 0.1) is 0 Å². The number of aliphatic hydroxyl groups excluding tert-OH is 1. The van der Waals surface area contributed by atoms with Gasteiger partial charge in [-0.3, -0.25) is 14.5 Å². The third-order valence-corrected chi connectivity index (χ3v) is 4.63. The number of Topliss-reactive ketones (excluding diaryl/α,β-unsaturated/α-hetero) is 1. The molecule has 0 fully saturated rings. The number of halogens is 1. The van der Waals surface area contributed by atoms with Gasteiger partial charge in [0.05, 0.1) is 18.7 Å². The largest absolute Gasteiger partial charge is 0.503 e. The van der Waals surface area contributed by atoms with Crippen LogP contribution >= 0.6 is 15.9 Å². The van der Waals surface area contributed by atoms with Crippen LogP contribution in [0.3, 0.4) is 0 Å². The summed E-state index contributed by atoms with van der Waals surface area (Å²) in [6, 6.07) is 13.6. The lowest BCUT2D eigenvalue weighted by molar-refractivity contribution is -0.117. The highest BCUT2D eigenvalue weighted by molar-refractivity contribution is 9.10. The van der Waals surface area contributed by atoms with Crippen molar-refractivity contribution in [2.24, 2.45) is 0 Å². The minimum absolute atomic E-state index is 0.0927. The van der Waals surface area contributed by atoms with Crippen LogP contribution in [0.5, 0.6) is 5.75 Å². The van der Waals surface area contributed by atoms with E-state index in [1.54, 1.807) is 24.3 Å². The van der Waals surface area contributed by atoms with Crippen LogP contribution in [0.2, 0.25) is 0 Å². The minimum Gasteiger partial charge on any atom is -0.503 e. The predicted molar refractivity (Wildman–Crippen MR) is 97.7 cm³/mol. The quantitative estimate of drug-likeness (QED) is 0.841. The first-order valence-electron chi connectivity index (χ1n) is 7.61. The van der Waals surface area contributed by atoms with Crippen molar-refractivity contribution in [2.45, 2.75) is 13.0 Å². The maximum atomic E-state index is 12.7. The SMILES string of the molecule is COc1cccc(N2C(=O)C(O)=C(C(C)=O)[C@@H]2c2ccc(Br)cc2)c1. The molecule has 2 aromatic carbocycles. The van der Waals surface area contributed by atoms with E-state index >= 15 is 0 Å². The zero-order valence-corrected chi connectivity index (χ0v) is 15.3. The predicted octanol–water partition coefficient (Wildman–Crippen LogP) is 3.95. The molecule has 0 aromatic heterocycles. The van der Waals surface area contributed by atoms with Gasteiger partial charge in [0.2, 0.25) is 0 Å². The number of amides is 1. The molecule has 6 heteroatoms. The molecule has 0 unspecified atom stereocenters. The normalized spacial score (nSPS) is 17.2. The van der Waals surface area contributed by atoms with Gasteiger partial charge >= 0.3 is 0 Å². The zero-order valence-electron chi connectivity index (χ0n) is 13.7. The van der Waals surface area contributed by atoms with Gasteiger partial charge in [-0.1, -0.05) is 34.1 Å². The summed E-state index contributed by atoms with van der Waals surface area (Å²) in [7, 11) is 1.54. The average molecular weight is 402 g/mol. The van der Waals surface area contributed by atoms with Crippen molar-refractivity contribution in [1.82, 2.24) is 0 Å². The van der Waals surface area contributed by atoms with Crippen molar-refractivity contribution in [2.75, 3.05) is 12.0 Å². The van der Waals surface area contributed by atoms with Gasteiger partial charge in [-0.05, 0) is 36.8 Å². The van der Waals surface area contributed by atoms with Gasteiger partial charge < -0.3 is 9.84 Å². The Morgan fingerprint density at radius 3 is 2.48 bits per heavy atom. The molecule has 0 spiro atoms. The van der Waals surface area contributed by atoms with E-state index in [9.17, 15) is 14.7 Å². The second-order valence-electron chi connectivity index (χ2n) is 5.65. The Labute approximate surface area is 153 Å². The molecule has 25 heavy (non-hydrogen) atoms. The van der Waals surface area contributed by atoms with Crippen LogP contribution in [-0.4, -0.2) is 23.9 Å². The number of nitrogens with zero attached hydrogens (tertiary/aromatic N) is 1. The Morgan fingerprint density at radius 2 is 1.88 bits per heavy atom. The molecule has 5 nitrogen and oxygen atoms in total. The first-order valence-corrected chi connectivity index (χ1v) is 8.40. The van der Waals surface area contributed by atoms with E-state index in [1.165, 1.54) is 18.9 Å². The Bertz CT molecular complexity index is 873. The molecule has 0 saturated carbocycles. The molecular weight excluding hydrogens is 386 g/mol. The minimum atomic E-state index is -0.690. The summed E-state index contributed by atoms with van der Waals surface area (Å²) in [5.74, 6) is -0.880. The zero-order chi connectivity index (χ0) is 18.1. The molecule has 1 N–H and O–H groups in total. The molecule has 0 aliphatic carbocycles. The van der Waals surface area contributed by atoms with Crippen molar-refractivity contribution >= 4 is 33.3 Å². The monoisotopic (exact) mass is 401 g/mol. The van der Waals surface area contributed by atoms with E-state index in [0.29, 0.717) is 11.4 Å². The Balaban J connectivity index is 2.17. The topological polar surface area (TPSA) is 66.8 Å². The fourth-order valence-corrected chi connectivity index (χ4v) is 3.22. The van der Waals surface area contributed by atoms with Gasteiger partial charge in [-0.15, -0.1) is 0 Å². The number of carbonyl (C=O) groups is 2. The number of ketones is 1. The fraction of sp³-hybridized carbons (Fsp3) is 0.158. The van der Waals surface area contributed by atoms with Crippen LogP contribution in [0.4, 0.5) is 5.69 Å². The molecule has 0 radical (unpaired) electrons. The number of carbonyl (C=O) groups excluding carboxylic acids is 2. The lowest BCUT2D eigenvalue weighted by Gasteiger charge is -2.27. The molecule has 2 aromatic rings. The fourth-order valence-electron chi connectivity index (χ4n) is 2.95. The van der Waals surface area contributed by atoms with E-state index in [1.807, 2.05) is 24.3 Å². The van der Waals surface area contributed by atoms with Gasteiger partial charge in [0.25, 0.3) is 5.91 Å². The number of anilines is 1. The number of methoxy groups -OCH3 is 1. The molecule has 1 aliphatic heterocycles. The lowest BCUT2D eigenvalue weighted by atomic mass is 9.96. The van der Waals surface area contributed by atoms with E-state index < -0.39 is 17.7 Å². The van der Waals surface area contributed by atoms with E-state index in [-0.39, 0.29) is 11.4 Å². The standard InChI is InChI=1S/C19H16BrNO4/c1-11(22)16-17(12-6-8-13(20)9-7-12)21(19(24)18(16)23)14-4-3-5-15(10-14)25-2/h3-10,17,23H,1-2H3/t17-/m0/s1. The highest BCUT2D eigenvalue weighted by Crippen LogP contribution is 2.41. The molecule has 1 atom stereocenters. The molecule has 1 heterocycles. The number of hydrogen-bond acceptors (Lipinski definition) is 4. The van der Waals surface area contributed by atoms with Crippen LogP contribution in [-0.2, 0) is 9.59 Å². The number of aliphatic hydroxyl groups is 1. The van der Waals surface area contributed by atoms with Crippen LogP contribution < -0.4 is 9.64 Å². The summed E-state index contributed by atoms with van der Waals surface area (Å²) in [6.07, 6.45) is 0. The highest BCUT2D eigenvalue weighted by atomic mass is 79.9. The third-order valence-electron chi connectivity index (χ3n) is 4.10. The summed E-state index contributed by atoms with van der Waals surface area (Å²) >= 11 is 3.38. The second-order valence-corrected chi connectivity index (χ2v) is 6.56. The van der Waals surface area contributed by atoms with Crippen molar-refractivity contribution < 1.29 is 19.4 Å². The first kappa shape index (κ1) is 17.2. The molecule has 128 valence electrons. The summed E-state index contributed by atoms with van der Waals surface area (Å²) in [6.45, 7) is 1.35. The van der Waals surface area contributed by atoms with E-state index in [4.69, 9.17) is 4.74 Å². The van der Waals surface area contributed by atoms with Crippen molar-refractivity contribution in [3.63, 3.8) is 0 Å². The van der Waals surface area contributed by atoms with Gasteiger partial charge in [-0.2, -0.15) is 0 Å². The maximum Gasteiger partial charge on any atom is 0.294 e. The Hall–Kier alpha value is -2.60. The molecular formula is C19H16BrNO4. The number of hydrogen-bond donors (Lipinski definition) is 1. The van der Waals surface area contributed by atoms with E-state index in [0.717, 1.165) is 10.0 Å². The van der Waals surface area contributed by atoms with Crippen molar-refractivity contribution in [3.8, 4) is 5.75 Å². The lowest BCUT2D eigenvalue weighted by Crippen LogP contribution is -2.30. The molecule has 0 saturated heterocycles. The van der Waals surface area contributed by atoms with Crippen molar-refractivity contribution in [1.29, 1.82) is 0 Å². The average Bonchev–Trinajstić information content (AvgIpc) is 2.87.